The van der Waals surface area contributed by atoms with Crippen LogP contribution in [0.4, 0.5) is 5.69 Å². The number of para-hydroxylation sites is 2. The van der Waals surface area contributed by atoms with E-state index in [0.717, 1.165) is 17.0 Å². The van der Waals surface area contributed by atoms with E-state index in [1.165, 1.54) is 0 Å². The lowest BCUT2D eigenvalue weighted by atomic mass is 10.3. The lowest BCUT2D eigenvalue weighted by Gasteiger charge is -2.11. The van der Waals surface area contributed by atoms with Gasteiger partial charge in [-0.1, -0.05) is 12.1 Å². The summed E-state index contributed by atoms with van der Waals surface area (Å²) in [7, 11) is -1.11. The molecule has 0 radical (unpaired) electrons. The molecule has 0 aliphatic rings. The molecular formula is C14H16N2OSi. The highest BCUT2D eigenvalue weighted by atomic mass is 28.3. The maximum absolute atomic E-state index is 5.85. The van der Waals surface area contributed by atoms with Gasteiger partial charge in [0.15, 0.2) is 0 Å². The summed E-state index contributed by atoms with van der Waals surface area (Å²) < 4.78 is 5.85. The molecule has 4 heteroatoms. The Labute approximate surface area is 109 Å². The van der Waals surface area contributed by atoms with Gasteiger partial charge in [0.2, 0.25) is 9.04 Å². The molecule has 3 nitrogen and oxygen atoms in total. The first-order valence-corrected chi connectivity index (χ1v) is 8.73. The van der Waals surface area contributed by atoms with Crippen molar-refractivity contribution in [3.8, 4) is 5.75 Å². The number of aliphatic imine (C=N–C) groups is 1. The third kappa shape index (κ3) is 3.53. The highest BCUT2D eigenvalue weighted by molar-refractivity contribution is 6.49. The lowest BCUT2D eigenvalue weighted by molar-refractivity contribution is 0.582. The summed E-state index contributed by atoms with van der Waals surface area (Å²) in [6, 6.07) is 11.7. The minimum Gasteiger partial charge on any atom is -0.546 e. The molecule has 0 unspecified atom stereocenters. The van der Waals surface area contributed by atoms with Crippen LogP contribution in [0.25, 0.3) is 0 Å². The zero-order valence-electron chi connectivity index (χ0n) is 10.6. The summed E-state index contributed by atoms with van der Waals surface area (Å²) in [6.07, 6.45) is 5.33. The van der Waals surface area contributed by atoms with Crippen molar-refractivity contribution in [1.29, 1.82) is 0 Å². The minimum atomic E-state index is -1.11. The van der Waals surface area contributed by atoms with Gasteiger partial charge in [-0.2, -0.15) is 0 Å². The summed E-state index contributed by atoms with van der Waals surface area (Å²) >= 11 is 0. The van der Waals surface area contributed by atoms with E-state index in [1.807, 2.05) is 42.6 Å². The van der Waals surface area contributed by atoms with Gasteiger partial charge in [-0.25, -0.2) is 0 Å². The number of aromatic nitrogens is 1. The van der Waals surface area contributed by atoms with Gasteiger partial charge in [0.25, 0.3) is 0 Å². The molecule has 0 aliphatic carbocycles. The molecule has 0 atom stereocenters. The average Bonchev–Trinajstić information content (AvgIpc) is 2.38. The van der Waals surface area contributed by atoms with Gasteiger partial charge in [-0.15, -0.1) is 0 Å². The molecule has 0 aliphatic heterocycles. The minimum absolute atomic E-state index is 0.865. The number of nitrogens with zero attached hydrogens (tertiary/aromatic N) is 2. The summed E-state index contributed by atoms with van der Waals surface area (Å²) in [5.41, 5.74) is 1.90. The van der Waals surface area contributed by atoms with Gasteiger partial charge in [0.1, 0.15) is 11.4 Å². The molecule has 2 rings (SSSR count). The second-order valence-corrected chi connectivity index (χ2v) is 6.51. The largest absolute Gasteiger partial charge is 0.546 e. The van der Waals surface area contributed by atoms with Gasteiger partial charge in [-0.3, -0.25) is 9.98 Å². The number of hydrogen-bond donors (Lipinski definition) is 0. The van der Waals surface area contributed by atoms with E-state index in [0.29, 0.717) is 0 Å². The van der Waals surface area contributed by atoms with Crippen LogP contribution >= 0.6 is 0 Å². The zero-order valence-corrected chi connectivity index (χ0v) is 11.7. The second kappa shape index (κ2) is 6.12. The maximum Gasteiger partial charge on any atom is 0.229 e. The highest BCUT2D eigenvalue weighted by Gasteiger charge is 2.03. The standard InChI is InChI=1S/C14H16N2OSi/c1-18(2)17-14-6-4-3-5-13(14)16-11-12-7-9-15-10-8-12/h3-11,18H,1-2H3. The summed E-state index contributed by atoms with van der Waals surface area (Å²) in [5.74, 6) is 0.865. The van der Waals surface area contributed by atoms with Gasteiger partial charge in [-0.05, 0) is 42.9 Å². The number of rotatable bonds is 4. The van der Waals surface area contributed by atoms with Gasteiger partial charge >= 0.3 is 0 Å². The van der Waals surface area contributed by atoms with Crippen LogP contribution in [0.2, 0.25) is 13.1 Å². The predicted octanol–water partition coefficient (Wildman–Crippen LogP) is 3.19. The molecule has 1 aromatic heterocycles. The summed E-state index contributed by atoms with van der Waals surface area (Å²) in [5, 5.41) is 0. The first-order valence-electron chi connectivity index (χ1n) is 5.95. The van der Waals surface area contributed by atoms with Crippen molar-refractivity contribution < 1.29 is 4.43 Å². The molecule has 0 amide bonds. The average molecular weight is 256 g/mol. The molecule has 0 fully saturated rings. The smallest absolute Gasteiger partial charge is 0.229 e. The Morgan fingerprint density at radius 3 is 2.56 bits per heavy atom. The Morgan fingerprint density at radius 2 is 1.83 bits per heavy atom. The van der Waals surface area contributed by atoms with E-state index < -0.39 is 9.04 Å². The van der Waals surface area contributed by atoms with E-state index in [-0.39, 0.29) is 0 Å². The molecule has 0 bridgehead atoms. The Balaban J connectivity index is 2.21. The second-order valence-electron chi connectivity index (χ2n) is 4.17. The number of hydrogen-bond acceptors (Lipinski definition) is 3. The van der Waals surface area contributed by atoms with E-state index >= 15 is 0 Å². The van der Waals surface area contributed by atoms with Crippen LogP contribution in [-0.2, 0) is 0 Å². The number of benzene rings is 1. The highest BCUT2D eigenvalue weighted by Crippen LogP contribution is 2.27. The molecule has 2 aromatic rings. The van der Waals surface area contributed by atoms with Crippen LogP contribution in [-0.4, -0.2) is 20.2 Å². The van der Waals surface area contributed by atoms with Crippen molar-refractivity contribution in [3.05, 3.63) is 54.4 Å². The Kier molecular flexibility index (Phi) is 4.25. The fraction of sp³-hybridized carbons (Fsp3) is 0.143. The van der Waals surface area contributed by atoms with E-state index in [1.54, 1.807) is 12.4 Å². The van der Waals surface area contributed by atoms with Crippen LogP contribution in [0.3, 0.4) is 0 Å². The van der Waals surface area contributed by atoms with Crippen molar-refractivity contribution in [2.24, 2.45) is 4.99 Å². The maximum atomic E-state index is 5.85. The van der Waals surface area contributed by atoms with Crippen LogP contribution < -0.4 is 4.43 Å². The van der Waals surface area contributed by atoms with Crippen molar-refractivity contribution in [2.75, 3.05) is 0 Å². The van der Waals surface area contributed by atoms with E-state index in [9.17, 15) is 0 Å². The van der Waals surface area contributed by atoms with Crippen LogP contribution in [0.15, 0.2) is 53.8 Å². The Hall–Kier alpha value is -1.94. The van der Waals surface area contributed by atoms with Crippen molar-refractivity contribution >= 4 is 20.9 Å². The Bertz CT molecular complexity index is 526. The van der Waals surface area contributed by atoms with Gasteiger partial charge < -0.3 is 4.43 Å². The van der Waals surface area contributed by atoms with E-state index in [2.05, 4.69) is 23.1 Å². The molecular weight excluding hydrogens is 240 g/mol. The first-order chi connectivity index (χ1) is 8.75. The third-order valence-corrected chi connectivity index (χ3v) is 3.01. The predicted molar refractivity (Wildman–Crippen MR) is 77.4 cm³/mol. The van der Waals surface area contributed by atoms with Crippen LogP contribution in [0.1, 0.15) is 5.56 Å². The topological polar surface area (TPSA) is 34.5 Å². The monoisotopic (exact) mass is 256 g/mol. The summed E-state index contributed by atoms with van der Waals surface area (Å²) in [6.45, 7) is 4.28. The quantitative estimate of drug-likeness (QED) is 0.622. The molecule has 0 saturated carbocycles. The fourth-order valence-corrected chi connectivity index (χ4v) is 2.22. The number of pyridine rings is 1. The normalized spacial score (nSPS) is 11.1. The Morgan fingerprint density at radius 1 is 1.11 bits per heavy atom. The molecule has 0 N–H and O–H groups in total. The molecule has 1 aromatic carbocycles. The van der Waals surface area contributed by atoms with Gasteiger partial charge in [0.05, 0.1) is 0 Å². The first kappa shape index (κ1) is 12.5. The molecule has 1 heterocycles. The van der Waals surface area contributed by atoms with Crippen molar-refractivity contribution in [2.45, 2.75) is 13.1 Å². The molecule has 0 spiro atoms. The molecule has 0 saturated heterocycles. The SMILES string of the molecule is C[SiH](C)Oc1ccccc1N=Cc1ccncc1. The van der Waals surface area contributed by atoms with E-state index in [4.69, 9.17) is 4.43 Å². The molecule has 18 heavy (non-hydrogen) atoms. The fourth-order valence-electron chi connectivity index (χ4n) is 1.51. The van der Waals surface area contributed by atoms with Crippen molar-refractivity contribution in [3.63, 3.8) is 0 Å². The van der Waals surface area contributed by atoms with Crippen LogP contribution in [0, 0.1) is 0 Å². The molecule has 92 valence electrons. The third-order valence-electron chi connectivity index (χ3n) is 2.29. The van der Waals surface area contributed by atoms with Crippen LogP contribution in [0.5, 0.6) is 5.75 Å². The summed E-state index contributed by atoms with van der Waals surface area (Å²) in [4.78, 5) is 8.45. The van der Waals surface area contributed by atoms with Gasteiger partial charge in [0, 0.05) is 18.6 Å². The lowest BCUT2D eigenvalue weighted by Crippen LogP contribution is -2.11. The van der Waals surface area contributed by atoms with Crippen molar-refractivity contribution in [1.82, 2.24) is 4.98 Å². The zero-order chi connectivity index (χ0) is 12.8.